The number of aryl methyl sites for hydroxylation is 6. The van der Waals surface area contributed by atoms with E-state index in [4.69, 9.17) is 4.42 Å². The molecule has 0 atom stereocenters. The Morgan fingerprint density at radius 2 is 1.50 bits per heavy atom. The SMILES string of the molecule is Cc1cc(C)c(N2c3ccccc3CCc3cc(C)oc32)c(C)c1. The van der Waals surface area contributed by atoms with Crippen LogP contribution in [0.2, 0.25) is 0 Å². The van der Waals surface area contributed by atoms with Gasteiger partial charge in [-0.1, -0.05) is 35.9 Å². The van der Waals surface area contributed by atoms with Gasteiger partial charge < -0.3 is 4.42 Å². The topological polar surface area (TPSA) is 16.4 Å². The maximum atomic E-state index is 6.18. The van der Waals surface area contributed by atoms with E-state index in [1.165, 1.54) is 39.2 Å². The molecular formula is C22H23NO. The zero-order valence-corrected chi connectivity index (χ0v) is 14.8. The highest BCUT2D eigenvalue weighted by Crippen LogP contribution is 2.45. The van der Waals surface area contributed by atoms with Crippen LogP contribution in [0.15, 0.2) is 46.9 Å². The van der Waals surface area contributed by atoms with Gasteiger partial charge in [0.25, 0.3) is 0 Å². The number of hydrogen-bond donors (Lipinski definition) is 0. The summed E-state index contributed by atoms with van der Waals surface area (Å²) in [5.74, 6) is 1.96. The lowest BCUT2D eigenvalue weighted by Gasteiger charge is -2.27. The minimum absolute atomic E-state index is 0.979. The molecule has 0 unspecified atom stereocenters. The van der Waals surface area contributed by atoms with Gasteiger partial charge in [-0.2, -0.15) is 0 Å². The van der Waals surface area contributed by atoms with E-state index in [1.54, 1.807) is 0 Å². The van der Waals surface area contributed by atoms with Crippen molar-refractivity contribution < 1.29 is 4.42 Å². The van der Waals surface area contributed by atoms with Gasteiger partial charge in [-0.25, -0.2) is 0 Å². The minimum Gasteiger partial charge on any atom is -0.445 e. The smallest absolute Gasteiger partial charge is 0.207 e. The summed E-state index contributed by atoms with van der Waals surface area (Å²) in [6.45, 7) is 8.58. The highest BCUT2D eigenvalue weighted by atomic mass is 16.4. The maximum Gasteiger partial charge on any atom is 0.207 e. The average molecular weight is 317 g/mol. The summed E-state index contributed by atoms with van der Waals surface area (Å²) in [7, 11) is 0. The van der Waals surface area contributed by atoms with E-state index in [2.05, 4.69) is 68.1 Å². The van der Waals surface area contributed by atoms with Crippen molar-refractivity contribution in [2.75, 3.05) is 4.90 Å². The van der Waals surface area contributed by atoms with Gasteiger partial charge in [0.1, 0.15) is 5.76 Å². The lowest BCUT2D eigenvalue weighted by atomic mass is 10.0. The van der Waals surface area contributed by atoms with E-state index in [9.17, 15) is 0 Å². The Balaban J connectivity index is 2.03. The second-order valence-electron chi connectivity index (χ2n) is 6.90. The normalized spacial score (nSPS) is 13.4. The van der Waals surface area contributed by atoms with Crippen molar-refractivity contribution >= 4 is 17.3 Å². The first kappa shape index (κ1) is 15.1. The summed E-state index contributed by atoms with van der Waals surface area (Å²) < 4.78 is 6.18. The van der Waals surface area contributed by atoms with E-state index >= 15 is 0 Å². The Labute approximate surface area is 143 Å². The second kappa shape index (κ2) is 5.55. The Morgan fingerprint density at radius 3 is 2.25 bits per heavy atom. The molecule has 0 bridgehead atoms. The fraction of sp³-hybridized carbons (Fsp3) is 0.273. The van der Waals surface area contributed by atoms with Gasteiger partial charge in [0, 0.05) is 5.56 Å². The zero-order valence-electron chi connectivity index (χ0n) is 14.8. The number of hydrogen-bond acceptors (Lipinski definition) is 2. The molecule has 4 rings (SSSR count). The molecule has 0 saturated carbocycles. The molecule has 2 heterocycles. The molecule has 0 aliphatic carbocycles. The van der Waals surface area contributed by atoms with Crippen molar-refractivity contribution in [1.29, 1.82) is 0 Å². The molecule has 0 N–H and O–H groups in total. The van der Waals surface area contributed by atoms with Crippen molar-refractivity contribution in [1.82, 2.24) is 0 Å². The van der Waals surface area contributed by atoms with Crippen LogP contribution < -0.4 is 4.90 Å². The van der Waals surface area contributed by atoms with Crippen molar-refractivity contribution in [3.63, 3.8) is 0 Å². The van der Waals surface area contributed by atoms with Crippen LogP contribution in [0.5, 0.6) is 0 Å². The van der Waals surface area contributed by atoms with Crippen LogP contribution in [0.1, 0.15) is 33.6 Å². The van der Waals surface area contributed by atoms with Crippen molar-refractivity contribution in [3.8, 4) is 0 Å². The van der Waals surface area contributed by atoms with Crippen molar-refractivity contribution in [2.24, 2.45) is 0 Å². The fourth-order valence-electron chi connectivity index (χ4n) is 3.99. The molecule has 0 amide bonds. The molecule has 0 saturated heterocycles. The molecule has 2 heteroatoms. The van der Waals surface area contributed by atoms with Crippen LogP contribution >= 0.6 is 0 Å². The zero-order chi connectivity index (χ0) is 16.8. The monoisotopic (exact) mass is 317 g/mol. The summed E-state index contributed by atoms with van der Waals surface area (Å²) in [4.78, 5) is 2.33. The predicted octanol–water partition coefficient (Wildman–Crippen LogP) is 6.08. The Bertz CT molecular complexity index is 896. The molecule has 0 radical (unpaired) electrons. The van der Waals surface area contributed by atoms with Gasteiger partial charge in [-0.05, 0) is 69.4 Å². The minimum atomic E-state index is 0.979. The first-order chi connectivity index (χ1) is 11.5. The van der Waals surface area contributed by atoms with Gasteiger partial charge in [0.05, 0.1) is 11.4 Å². The number of fused-ring (bicyclic) bond motifs is 2. The van der Waals surface area contributed by atoms with Gasteiger partial charge in [-0.3, -0.25) is 4.90 Å². The molecule has 24 heavy (non-hydrogen) atoms. The molecule has 1 aromatic heterocycles. The Kier molecular flexibility index (Phi) is 3.49. The van der Waals surface area contributed by atoms with Crippen LogP contribution in [0.25, 0.3) is 0 Å². The average Bonchev–Trinajstić information content (AvgIpc) is 2.83. The molecule has 0 spiro atoms. The van der Waals surface area contributed by atoms with E-state index in [-0.39, 0.29) is 0 Å². The van der Waals surface area contributed by atoms with Crippen LogP contribution in [-0.2, 0) is 12.8 Å². The summed E-state index contributed by atoms with van der Waals surface area (Å²) in [5.41, 5.74) is 9.01. The summed E-state index contributed by atoms with van der Waals surface area (Å²) in [6, 6.07) is 15.4. The quantitative estimate of drug-likeness (QED) is 0.540. The third-order valence-electron chi connectivity index (χ3n) is 4.87. The predicted molar refractivity (Wildman–Crippen MR) is 99.7 cm³/mol. The van der Waals surface area contributed by atoms with Gasteiger partial charge in [0.15, 0.2) is 0 Å². The lowest BCUT2D eigenvalue weighted by molar-refractivity contribution is 0.539. The maximum absolute atomic E-state index is 6.18. The largest absolute Gasteiger partial charge is 0.445 e. The van der Waals surface area contributed by atoms with Crippen LogP contribution in [0.3, 0.4) is 0 Å². The standard InChI is InChI=1S/C22H23NO/c1-14-11-15(2)21(16(3)12-14)23-20-8-6-5-7-18(20)9-10-19-13-17(4)24-22(19)23/h5-8,11-13H,9-10H2,1-4H3. The third-order valence-corrected chi connectivity index (χ3v) is 4.87. The van der Waals surface area contributed by atoms with E-state index in [0.29, 0.717) is 0 Å². The third kappa shape index (κ3) is 2.34. The van der Waals surface area contributed by atoms with Gasteiger partial charge in [0.2, 0.25) is 5.88 Å². The summed E-state index contributed by atoms with van der Waals surface area (Å²) in [5, 5.41) is 0. The van der Waals surface area contributed by atoms with Crippen LogP contribution in [0.4, 0.5) is 17.3 Å². The van der Waals surface area contributed by atoms with Crippen molar-refractivity contribution in [3.05, 3.63) is 76.0 Å². The van der Waals surface area contributed by atoms with Crippen molar-refractivity contribution in [2.45, 2.75) is 40.5 Å². The number of para-hydroxylation sites is 1. The molecule has 0 fully saturated rings. The van der Waals surface area contributed by atoms with Gasteiger partial charge >= 0.3 is 0 Å². The van der Waals surface area contributed by atoms with Crippen LogP contribution in [-0.4, -0.2) is 0 Å². The molecule has 1 aliphatic heterocycles. The number of benzene rings is 2. The first-order valence-electron chi connectivity index (χ1n) is 8.60. The molecule has 1 aliphatic rings. The van der Waals surface area contributed by atoms with Crippen LogP contribution in [0, 0.1) is 27.7 Å². The molecule has 122 valence electrons. The molecule has 3 aromatic rings. The fourth-order valence-corrected chi connectivity index (χ4v) is 3.99. The molecular weight excluding hydrogens is 294 g/mol. The Morgan fingerprint density at radius 1 is 0.833 bits per heavy atom. The number of rotatable bonds is 1. The number of nitrogens with zero attached hydrogens (tertiary/aromatic N) is 1. The van der Waals surface area contributed by atoms with E-state index < -0.39 is 0 Å². The number of anilines is 3. The first-order valence-corrected chi connectivity index (χ1v) is 8.60. The van der Waals surface area contributed by atoms with Gasteiger partial charge in [-0.15, -0.1) is 0 Å². The molecule has 2 nitrogen and oxygen atoms in total. The van der Waals surface area contributed by atoms with E-state index in [1.807, 2.05) is 6.92 Å². The lowest BCUT2D eigenvalue weighted by Crippen LogP contribution is -2.13. The van der Waals surface area contributed by atoms with E-state index in [0.717, 1.165) is 24.5 Å². The Hall–Kier alpha value is -2.48. The molecule has 2 aromatic carbocycles. The highest BCUT2D eigenvalue weighted by molar-refractivity contribution is 5.82. The number of furan rings is 1. The highest BCUT2D eigenvalue weighted by Gasteiger charge is 2.27. The summed E-state index contributed by atoms with van der Waals surface area (Å²) in [6.07, 6.45) is 2.06. The second-order valence-corrected chi connectivity index (χ2v) is 6.90. The summed E-state index contributed by atoms with van der Waals surface area (Å²) >= 11 is 0.